The molecule has 9 heteroatoms. The van der Waals surface area contributed by atoms with Crippen molar-refractivity contribution in [1.82, 2.24) is 29.9 Å². The Balaban J connectivity index is 1.95. The molecule has 1 aliphatic heterocycles. The second-order valence-electron chi connectivity index (χ2n) is 5.68. The molecule has 1 N–H and O–H groups in total. The highest BCUT2D eigenvalue weighted by atomic mass is 16.2. The number of nitrogens with zero attached hydrogens (tertiary/aromatic N) is 6. The number of nitrogens with one attached hydrogen (secondary N) is 1. The van der Waals surface area contributed by atoms with E-state index in [-0.39, 0.29) is 11.8 Å². The standard InChI is InChI=1S/C15H25N7O2/c1-4-16-15(20(2)10-12-18-11-19-21(12)3)17-8-9-22-13(23)6-5-7-14(22)24/h11H,4-10H2,1-3H3,(H,16,17). The van der Waals surface area contributed by atoms with Gasteiger partial charge in [-0.25, -0.2) is 4.98 Å². The van der Waals surface area contributed by atoms with E-state index in [4.69, 9.17) is 0 Å². The normalized spacial score (nSPS) is 15.8. The summed E-state index contributed by atoms with van der Waals surface area (Å²) in [5.41, 5.74) is 0. The van der Waals surface area contributed by atoms with Crippen LogP contribution in [0.5, 0.6) is 0 Å². The Morgan fingerprint density at radius 3 is 2.67 bits per heavy atom. The molecule has 0 saturated carbocycles. The van der Waals surface area contributed by atoms with Crippen LogP contribution >= 0.6 is 0 Å². The predicted molar refractivity (Wildman–Crippen MR) is 89.0 cm³/mol. The van der Waals surface area contributed by atoms with Gasteiger partial charge in [0.2, 0.25) is 11.8 Å². The lowest BCUT2D eigenvalue weighted by Gasteiger charge is -2.25. The zero-order valence-corrected chi connectivity index (χ0v) is 14.5. The van der Waals surface area contributed by atoms with Crippen molar-refractivity contribution in [2.24, 2.45) is 12.0 Å². The number of amides is 2. The van der Waals surface area contributed by atoms with Crippen molar-refractivity contribution in [2.45, 2.75) is 32.7 Å². The Kier molecular flexibility index (Phi) is 6.28. The summed E-state index contributed by atoms with van der Waals surface area (Å²) in [5.74, 6) is 1.33. The van der Waals surface area contributed by atoms with Gasteiger partial charge in [0.25, 0.3) is 0 Å². The number of aliphatic imine (C=N–C) groups is 1. The number of carbonyl (C=O) groups excluding carboxylic acids is 2. The minimum absolute atomic E-state index is 0.0982. The maximum Gasteiger partial charge on any atom is 0.229 e. The zero-order chi connectivity index (χ0) is 17.5. The summed E-state index contributed by atoms with van der Waals surface area (Å²) >= 11 is 0. The number of hydrogen-bond acceptors (Lipinski definition) is 5. The molecule has 0 unspecified atom stereocenters. The average molecular weight is 335 g/mol. The largest absolute Gasteiger partial charge is 0.357 e. The fourth-order valence-electron chi connectivity index (χ4n) is 2.53. The molecule has 0 spiro atoms. The molecule has 2 heterocycles. The van der Waals surface area contributed by atoms with E-state index in [0.717, 1.165) is 12.4 Å². The van der Waals surface area contributed by atoms with Crippen LogP contribution in [-0.4, -0.2) is 69.0 Å². The molecule has 1 saturated heterocycles. The Bertz CT molecular complexity index is 595. The lowest BCUT2D eigenvalue weighted by atomic mass is 10.1. The molecule has 0 atom stereocenters. The number of guanidine groups is 1. The van der Waals surface area contributed by atoms with Gasteiger partial charge in [-0.05, 0) is 13.3 Å². The number of piperidine rings is 1. The van der Waals surface area contributed by atoms with Crippen molar-refractivity contribution in [3.05, 3.63) is 12.2 Å². The third kappa shape index (κ3) is 4.53. The summed E-state index contributed by atoms with van der Waals surface area (Å²) in [5, 5.41) is 7.26. The maximum atomic E-state index is 11.8. The van der Waals surface area contributed by atoms with Gasteiger partial charge in [-0.3, -0.25) is 24.2 Å². The van der Waals surface area contributed by atoms with Gasteiger partial charge in [0.1, 0.15) is 12.2 Å². The molecule has 2 rings (SSSR count). The number of hydrogen-bond donors (Lipinski definition) is 1. The van der Waals surface area contributed by atoms with Crippen LogP contribution in [0.25, 0.3) is 0 Å². The van der Waals surface area contributed by atoms with Crippen molar-refractivity contribution >= 4 is 17.8 Å². The number of imide groups is 1. The Labute approximate surface area is 141 Å². The van der Waals surface area contributed by atoms with Crippen molar-refractivity contribution in [1.29, 1.82) is 0 Å². The molecular formula is C15H25N7O2. The number of aryl methyl sites for hydroxylation is 1. The summed E-state index contributed by atoms with van der Waals surface area (Å²) in [7, 11) is 3.75. The summed E-state index contributed by atoms with van der Waals surface area (Å²) in [6.07, 6.45) is 3.06. The highest BCUT2D eigenvalue weighted by Gasteiger charge is 2.25. The summed E-state index contributed by atoms with van der Waals surface area (Å²) < 4.78 is 1.71. The van der Waals surface area contributed by atoms with Gasteiger partial charge >= 0.3 is 0 Å². The minimum atomic E-state index is -0.0982. The first kappa shape index (κ1) is 17.9. The predicted octanol–water partition coefficient (Wildman–Crippen LogP) is -0.248. The fraction of sp³-hybridized carbons (Fsp3) is 0.667. The molecule has 1 aromatic rings. The maximum absolute atomic E-state index is 11.8. The van der Waals surface area contributed by atoms with E-state index in [1.807, 2.05) is 25.9 Å². The molecule has 9 nitrogen and oxygen atoms in total. The zero-order valence-electron chi connectivity index (χ0n) is 14.5. The highest BCUT2D eigenvalue weighted by Crippen LogP contribution is 2.11. The van der Waals surface area contributed by atoms with Gasteiger partial charge in [0.15, 0.2) is 5.96 Å². The molecule has 1 aliphatic rings. The van der Waals surface area contributed by atoms with Crippen LogP contribution < -0.4 is 5.32 Å². The van der Waals surface area contributed by atoms with E-state index in [1.165, 1.54) is 11.2 Å². The molecule has 0 bridgehead atoms. The van der Waals surface area contributed by atoms with E-state index in [1.54, 1.807) is 4.68 Å². The molecule has 1 aromatic heterocycles. The first-order valence-corrected chi connectivity index (χ1v) is 8.18. The first-order valence-electron chi connectivity index (χ1n) is 8.18. The van der Waals surface area contributed by atoms with Gasteiger partial charge in [0, 0.05) is 40.0 Å². The van der Waals surface area contributed by atoms with Gasteiger partial charge in [-0.2, -0.15) is 5.10 Å². The van der Waals surface area contributed by atoms with E-state index in [9.17, 15) is 9.59 Å². The molecule has 2 amide bonds. The van der Waals surface area contributed by atoms with Crippen LogP contribution in [0.4, 0.5) is 0 Å². The van der Waals surface area contributed by atoms with E-state index < -0.39 is 0 Å². The van der Waals surface area contributed by atoms with Crippen LogP contribution in [0.3, 0.4) is 0 Å². The van der Waals surface area contributed by atoms with Crippen LogP contribution in [-0.2, 0) is 23.2 Å². The van der Waals surface area contributed by atoms with Gasteiger partial charge < -0.3 is 10.2 Å². The average Bonchev–Trinajstić information content (AvgIpc) is 2.94. The molecule has 132 valence electrons. The molecule has 0 radical (unpaired) electrons. The van der Waals surface area contributed by atoms with Crippen molar-refractivity contribution in [2.75, 3.05) is 26.7 Å². The van der Waals surface area contributed by atoms with Gasteiger partial charge in [0.05, 0.1) is 13.1 Å². The summed E-state index contributed by atoms with van der Waals surface area (Å²) in [6.45, 7) is 3.98. The number of aromatic nitrogens is 3. The number of likely N-dealkylation sites (tertiary alicyclic amines) is 1. The van der Waals surface area contributed by atoms with Crippen molar-refractivity contribution < 1.29 is 9.59 Å². The summed E-state index contributed by atoms with van der Waals surface area (Å²) in [6, 6.07) is 0. The molecule has 0 aromatic carbocycles. The van der Waals surface area contributed by atoms with Crippen molar-refractivity contribution in [3.63, 3.8) is 0 Å². The Hall–Kier alpha value is -2.45. The Morgan fingerprint density at radius 1 is 1.38 bits per heavy atom. The lowest BCUT2D eigenvalue weighted by Crippen LogP contribution is -2.43. The first-order chi connectivity index (χ1) is 11.5. The second-order valence-corrected chi connectivity index (χ2v) is 5.68. The molecule has 1 fully saturated rings. The second kappa shape index (κ2) is 8.42. The van der Waals surface area contributed by atoms with E-state index >= 15 is 0 Å². The SMILES string of the molecule is CCNC(=NCCN1C(=O)CCCC1=O)N(C)Cc1ncnn1C. The topological polar surface area (TPSA) is 95.7 Å². The van der Waals surface area contributed by atoms with Crippen LogP contribution in [0.2, 0.25) is 0 Å². The monoisotopic (exact) mass is 335 g/mol. The molecular weight excluding hydrogens is 310 g/mol. The van der Waals surface area contributed by atoms with Crippen LogP contribution in [0.1, 0.15) is 32.0 Å². The Morgan fingerprint density at radius 2 is 2.08 bits per heavy atom. The van der Waals surface area contributed by atoms with Gasteiger partial charge in [-0.15, -0.1) is 0 Å². The van der Waals surface area contributed by atoms with Crippen molar-refractivity contribution in [3.8, 4) is 0 Å². The molecule has 24 heavy (non-hydrogen) atoms. The van der Waals surface area contributed by atoms with Crippen LogP contribution in [0, 0.1) is 0 Å². The smallest absolute Gasteiger partial charge is 0.229 e. The lowest BCUT2D eigenvalue weighted by molar-refractivity contribution is -0.147. The van der Waals surface area contributed by atoms with E-state index in [2.05, 4.69) is 20.4 Å². The highest BCUT2D eigenvalue weighted by molar-refractivity contribution is 5.97. The van der Waals surface area contributed by atoms with Crippen LogP contribution in [0.15, 0.2) is 11.3 Å². The van der Waals surface area contributed by atoms with E-state index in [0.29, 0.717) is 44.9 Å². The van der Waals surface area contributed by atoms with Gasteiger partial charge in [-0.1, -0.05) is 0 Å². The fourth-order valence-corrected chi connectivity index (χ4v) is 2.53. The number of carbonyl (C=O) groups is 2. The quantitative estimate of drug-likeness (QED) is 0.438. The molecule has 0 aliphatic carbocycles. The third-order valence-electron chi connectivity index (χ3n) is 3.85. The third-order valence-corrected chi connectivity index (χ3v) is 3.85. The summed E-state index contributed by atoms with van der Waals surface area (Å²) in [4.78, 5) is 35.6. The minimum Gasteiger partial charge on any atom is -0.357 e. The number of rotatable bonds is 6.